The molecule has 0 unspecified atom stereocenters. The topological polar surface area (TPSA) is 85.7 Å². The summed E-state index contributed by atoms with van der Waals surface area (Å²) >= 11 is 0. The van der Waals surface area contributed by atoms with Crippen LogP contribution in [-0.4, -0.2) is 59.4 Å². The van der Waals surface area contributed by atoms with Gasteiger partial charge in [0.2, 0.25) is 0 Å². The number of carbonyl (C=O) groups excluding carboxylic acids is 1. The van der Waals surface area contributed by atoms with Crippen LogP contribution < -0.4 is 5.32 Å². The summed E-state index contributed by atoms with van der Waals surface area (Å²) in [7, 11) is 1.78. The lowest BCUT2D eigenvalue weighted by molar-refractivity contribution is 0.0686. The molecule has 1 aromatic carbocycles. The molecular formula is C15H19N3O3. The summed E-state index contributed by atoms with van der Waals surface area (Å²) < 4.78 is 0. The second-order valence-corrected chi connectivity index (χ2v) is 4.56. The zero-order chi connectivity index (χ0) is 15.2. The van der Waals surface area contributed by atoms with Crippen molar-refractivity contribution in [2.45, 2.75) is 0 Å². The average molecular weight is 289 g/mol. The van der Waals surface area contributed by atoms with Gasteiger partial charge in [0.25, 0.3) is 5.91 Å². The van der Waals surface area contributed by atoms with Crippen LogP contribution in [0.25, 0.3) is 10.8 Å². The summed E-state index contributed by atoms with van der Waals surface area (Å²) in [5, 5.41) is 22.8. The Kier molecular flexibility index (Phi) is 5.08. The number of nitrogens with zero attached hydrogens (tertiary/aromatic N) is 2. The number of aliphatic hydroxyl groups is 2. The first kappa shape index (κ1) is 15.2. The van der Waals surface area contributed by atoms with Gasteiger partial charge >= 0.3 is 0 Å². The molecule has 21 heavy (non-hydrogen) atoms. The van der Waals surface area contributed by atoms with Crippen LogP contribution in [0.3, 0.4) is 0 Å². The summed E-state index contributed by atoms with van der Waals surface area (Å²) in [6.45, 7) is 0.0698. The van der Waals surface area contributed by atoms with Crippen molar-refractivity contribution in [3.8, 4) is 0 Å². The Morgan fingerprint density at radius 3 is 2.38 bits per heavy atom. The SMILES string of the molecule is CNc1ncc(C(=O)N(CCO)CCO)c2ccccc12. The van der Waals surface area contributed by atoms with E-state index in [1.165, 1.54) is 11.1 Å². The summed E-state index contributed by atoms with van der Waals surface area (Å²) in [5.41, 5.74) is 0.464. The van der Waals surface area contributed by atoms with Crippen molar-refractivity contribution < 1.29 is 15.0 Å². The van der Waals surface area contributed by atoms with Crippen LogP contribution in [0.5, 0.6) is 0 Å². The maximum absolute atomic E-state index is 12.6. The molecular weight excluding hydrogens is 270 g/mol. The largest absolute Gasteiger partial charge is 0.395 e. The quantitative estimate of drug-likeness (QED) is 0.729. The van der Waals surface area contributed by atoms with Crippen molar-refractivity contribution in [2.75, 3.05) is 38.7 Å². The van der Waals surface area contributed by atoms with E-state index in [0.29, 0.717) is 11.4 Å². The number of benzene rings is 1. The Labute approximate surface area is 123 Å². The number of pyridine rings is 1. The van der Waals surface area contributed by atoms with Crippen molar-refractivity contribution >= 4 is 22.5 Å². The molecule has 0 aliphatic carbocycles. The number of rotatable bonds is 6. The number of nitrogens with one attached hydrogen (secondary N) is 1. The maximum atomic E-state index is 12.6. The van der Waals surface area contributed by atoms with E-state index in [0.717, 1.165) is 10.8 Å². The fourth-order valence-corrected chi connectivity index (χ4v) is 2.29. The molecule has 0 fully saturated rings. The summed E-state index contributed by atoms with van der Waals surface area (Å²) in [5.74, 6) is 0.461. The van der Waals surface area contributed by atoms with Crippen LogP contribution >= 0.6 is 0 Å². The fourth-order valence-electron chi connectivity index (χ4n) is 2.29. The van der Waals surface area contributed by atoms with E-state index in [1.54, 1.807) is 7.05 Å². The van der Waals surface area contributed by atoms with Gasteiger partial charge in [0, 0.05) is 31.7 Å². The van der Waals surface area contributed by atoms with Crippen LogP contribution in [0, 0.1) is 0 Å². The van der Waals surface area contributed by atoms with Gasteiger partial charge in [-0.3, -0.25) is 4.79 Å². The third-order valence-corrected chi connectivity index (χ3v) is 3.29. The molecule has 6 nitrogen and oxygen atoms in total. The average Bonchev–Trinajstić information content (AvgIpc) is 2.53. The van der Waals surface area contributed by atoms with Crippen molar-refractivity contribution in [2.24, 2.45) is 0 Å². The predicted octanol–water partition coefficient (Wildman–Crippen LogP) is 0.703. The molecule has 0 radical (unpaired) electrons. The monoisotopic (exact) mass is 289 g/mol. The minimum absolute atomic E-state index is 0.147. The molecule has 0 aliphatic heterocycles. The first-order valence-corrected chi connectivity index (χ1v) is 6.79. The molecule has 0 bridgehead atoms. The molecule has 6 heteroatoms. The summed E-state index contributed by atoms with van der Waals surface area (Å²) in [6, 6.07) is 7.51. The van der Waals surface area contributed by atoms with Gasteiger partial charge in [0.15, 0.2) is 0 Å². The van der Waals surface area contributed by atoms with Crippen LogP contribution in [0.2, 0.25) is 0 Å². The number of hydrogen-bond donors (Lipinski definition) is 3. The van der Waals surface area contributed by atoms with E-state index in [4.69, 9.17) is 10.2 Å². The zero-order valence-corrected chi connectivity index (χ0v) is 11.9. The lowest BCUT2D eigenvalue weighted by Crippen LogP contribution is -2.36. The summed E-state index contributed by atoms with van der Waals surface area (Å²) in [6.07, 6.45) is 1.53. The number of aliphatic hydroxyl groups excluding tert-OH is 2. The number of carbonyl (C=O) groups is 1. The van der Waals surface area contributed by atoms with E-state index < -0.39 is 0 Å². The van der Waals surface area contributed by atoms with E-state index in [1.807, 2.05) is 24.3 Å². The number of hydrogen-bond acceptors (Lipinski definition) is 5. The molecule has 1 heterocycles. The Morgan fingerprint density at radius 2 is 1.81 bits per heavy atom. The second-order valence-electron chi connectivity index (χ2n) is 4.56. The molecule has 1 aromatic heterocycles. The molecule has 1 amide bonds. The van der Waals surface area contributed by atoms with Crippen LogP contribution in [0.4, 0.5) is 5.82 Å². The molecule has 0 spiro atoms. The first-order chi connectivity index (χ1) is 10.2. The predicted molar refractivity (Wildman–Crippen MR) is 81.4 cm³/mol. The minimum Gasteiger partial charge on any atom is -0.395 e. The smallest absolute Gasteiger partial charge is 0.256 e. The normalized spacial score (nSPS) is 10.6. The molecule has 112 valence electrons. The third-order valence-electron chi connectivity index (χ3n) is 3.29. The zero-order valence-electron chi connectivity index (χ0n) is 11.9. The van der Waals surface area contributed by atoms with Gasteiger partial charge in [-0.2, -0.15) is 0 Å². The van der Waals surface area contributed by atoms with Crippen LogP contribution in [-0.2, 0) is 0 Å². The fraction of sp³-hybridized carbons (Fsp3) is 0.333. The minimum atomic E-state index is -0.246. The van der Waals surface area contributed by atoms with Gasteiger partial charge in [-0.05, 0) is 5.39 Å². The molecule has 0 aliphatic rings. The Balaban J connectivity index is 2.48. The van der Waals surface area contributed by atoms with Crippen LogP contribution in [0.15, 0.2) is 30.5 Å². The van der Waals surface area contributed by atoms with Crippen LogP contribution in [0.1, 0.15) is 10.4 Å². The first-order valence-electron chi connectivity index (χ1n) is 6.79. The van der Waals surface area contributed by atoms with Crippen molar-refractivity contribution in [3.63, 3.8) is 0 Å². The van der Waals surface area contributed by atoms with Crippen molar-refractivity contribution in [1.29, 1.82) is 0 Å². The second kappa shape index (κ2) is 7.01. The Hall–Kier alpha value is -2.18. The Morgan fingerprint density at radius 1 is 1.19 bits per heavy atom. The van der Waals surface area contributed by atoms with E-state index >= 15 is 0 Å². The highest BCUT2D eigenvalue weighted by Gasteiger charge is 2.18. The number of anilines is 1. The highest BCUT2D eigenvalue weighted by Crippen LogP contribution is 2.24. The highest BCUT2D eigenvalue weighted by molar-refractivity contribution is 6.09. The molecule has 3 N–H and O–H groups in total. The van der Waals surface area contributed by atoms with Gasteiger partial charge in [-0.15, -0.1) is 0 Å². The van der Waals surface area contributed by atoms with Crippen molar-refractivity contribution in [1.82, 2.24) is 9.88 Å². The van der Waals surface area contributed by atoms with Gasteiger partial charge in [-0.1, -0.05) is 24.3 Å². The van der Waals surface area contributed by atoms with Gasteiger partial charge in [0.05, 0.1) is 18.8 Å². The lowest BCUT2D eigenvalue weighted by atomic mass is 10.1. The molecule has 0 atom stereocenters. The lowest BCUT2D eigenvalue weighted by Gasteiger charge is -2.21. The number of fused-ring (bicyclic) bond motifs is 1. The maximum Gasteiger partial charge on any atom is 0.256 e. The van der Waals surface area contributed by atoms with Gasteiger partial charge < -0.3 is 20.4 Å². The molecule has 0 saturated carbocycles. The van der Waals surface area contributed by atoms with Gasteiger partial charge in [-0.25, -0.2) is 4.98 Å². The molecule has 0 saturated heterocycles. The summed E-state index contributed by atoms with van der Waals surface area (Å²) in [4.78, 5) is 18.3. The van der Waals surface area contributed by atoms with E-state index in [-0.39, 0.29) is 32.2 Å². The molecule has 2 rings (SSSR count). The molecule has 2 aromatic rings. The standard InChI is InChI=1S/C15H19N3O3/c1-16-14-12-5-3-2-4-11(12)13(10-17-14)15(21)18(6-8-19)7-9-20/h2-5,10,19-20H,6-9H2,1H3,(H,16,17). The van der Waals surface area contributed by atoms with E-state index in [9.17, 15) is 4.79 Å². The van der Waals surface area contributed by atoms with Crippen molar-refractivity contribution in [3.05, 3.63) is 36.0 Å². The van der Waals surface area contributed by atoms with E-state index in [2.05, 4.69) is 10.3 Å². The third kappa shape index (κ3) is 3.12. The Bertz CT molecular complexity index is 625. The van der Waals surface area contributed by atoms with Gasteiger partial charge in [0.1, 0.15) is 5.82 Å². The number of aromatic nitrogens is 1. The highest BCUT2D eigenvalue weighted by atomic mass is 16.3. The number of amides is 1.